The van der Waals surface area contributed by atoms with Crippen LogP contribution in [0.25, 0.3) is 16.6 Å². The van der Waals surface area contributed by atoms with E-state index in [1.807, 2.05) is 42.7 Å². The van der Waals surface area contributed by atoms with Gasteiger partial charge in [0.15, 0.2) is 0 Å². The molecule has 0 spiro atoms. The van der Waals surface area contributed by atoms with E-state index in [-0.39, 0.29) is 0 Å². The Morgan fingerprint density at radius 3 is 2.65 bits per heavy atom. The van der Waals surface area contributed by atoms with E-state index in [0.29, 0.717) is 18.6 Å². The number of nitrogens with zero attached hydrogens (tertiary/aromatic N) is 3. The molecule has 1 saturated heterocycles. The fraction of sp³-hybridized carbons (Fsp3) is 0.360. The van der Waals surface area contributed by atoms with Crippen molar-refractivity contribution in [2.45, 2.75) is 37.8 Å². The highest BCUT2D eigenvalue weighted by atomic mass is 15.2. The summed E-state index contributed by atoms with van der Waals surface area (Å²) in [5.74, 6) is 0. The number of para-hydroxylation sites is 2. The maximum atomic E-state index is 6.03. The molecule has 1 atom stereocenters. The second-order valence-electron chi connectivity index (χ2n) is 8.68. The lowest BCUT2D eigenvalue weighted by Gasteiger charge is -2.36. The molecule has 2 heterocycles. The van der Waals surface area contributed by atoms with Gasteiger partial charge in [-0.3, -0.25) is 9.88 Å². The SMILES string of the molecule is NC/C(=C\NC1CCN(C2Cc3ccc(N)cc3C2)CC1)c1cnc2ccccc2n1. The lowest BCUT2D eigenvalue weighted by atomic mass is 10.0. The number of hydrogen-bond acceptors (Lipinski definition) is 6. The first kappa shape index (κ1) is 20.0. The van der Waals surface area contributed by atoms with Crippen molar-refractivity contribution in [1.29, 1.82) is 0 Å². The second-order valence-corrected chi connectivity index (χ2v) is 8.68. The average Bonchev–Trinajstić information content (AvgIpc) is 3.23. The van der Waals surface area contributed by atoms with E-state index in [0.717, 1.165) is 66.8 Å². The Labute approximate surface area is 183 Å². The van der Waals surface area contributed by atoms with Crippen molar-refractivity contribution in [2.24, 2.45) is 5.73 Å². The zero-order valence-electron chi connectivity index (χ0n) is 17.8. The first-order valence-corrected chi connectivity index (χ1v) is 11.2. The Balaban J connectivity index is 1.18. The number of likely N-dealkylation sites (tertiary alicyclic amines) is 1. The van der Waals surface area contributed by atoms with Gasteiger partial charge in [0, 0.05) is 49.2 Å². The molecule has 1 fully saturated rings. The van der Waals surface area contributed by atoms with E-state index in [1.54, 1.807) is 0 Å². The summed E-state index contributed by atoms with van der Waals surface area (Å²) < 4.78 is 0. The van der Waals surface area contributed by atoms with Crippen molar-refractivity contribution >= 4 is 22.3 Å². The van der Waals surface area contributed by atoms with E-state index in [1.165, 1.54) is 11.1 Å². The van der Waals surface area contributed by atoms with Crippen molar-refractivity contribution in [3.05, 3.63) is 71.7 Å². The van der Waals surface area contributed by atoms with Crippen LogP contribution < -0.4 is 16.8 Å². The molecule has 2 aromatic carbocycles. The number of anilines is 1. The largest absolute Gasteiger partial charge is 0.399 e. The number of fused-ring (bicyclic) bond motifs is 2. The third kappa shape index (κ3) is 4.27. The quantitative estimate of drug-likeness (QED) is 0.556. The van der Waals surface area contributed by atoms with Crippen LogP contribution in [0.2, 0.25) is 0 Å². The van der Waals surface area contributed by atoms with Crippen LogP contribution >= 0.6 is 0 Å². The van der Waals surface area contributed by atoms with Crippen LogP contribution in [0.4, 0.5) is 5.69 Å². The van der Waals surface area contributed by atoms with Crippen molar-refractivity contribution in [1.82, 2.24) is 20.2 Å². The second kappa shape index (κ2) is 8.65. The molecule has 1 unspecified atom stereocenters. The molecule has 1 aliphatic carbocycles. The molecule has 0 radical (unpaired) electrons. The predicted molar refractivity (Wildman–Crippen MR) is 126 cm³/mol. The zero-order valence-corrected chi connectivity index (χ0v) is 17.8. The number of nitrogens with one attached hydrogen (secondary N) is 1. The smallest absolute Gasteiger partial charge is 0.0894 e. The molecule has 31 heavy (non-hydrogen) atoms. The third-order valence-corrected chi connectivity index (χ3v) is 6.68. The zero-order chi connectivity index (χ0) is 21.2. The van der Waals surface area contributed by atoms with Gasteiger partial charge in [-0.15, -0.1) is 0 Å². The lowest BCUT2D eigenvalue weighted by Crippen LogP contribution is -2.46. The van der Waals surface area contributed by atoms with Crippen LogP contribution in [-0.2, 0) is 12.8 Å². The van der Waals surface area contributed by atoms with Gasteiger partial charge in [-0.05, 0) is 61.1 Å². The minimum Gasteiger partial charge on any atom is -0.399 e. The molecular weight excluding hydrogens is 384 g/mol. The van der Waals surface area contributed by atoms with E-state index in [9.17, 15) is 0 Å². The van der Waals surface area contributed by atoms with E-state index in [2.05, 4.69) is 27.3 Å². The van der Waals surface area contributed by atoms with E-state index in [4.69, 9.17) is 16.5 Å². The van der Waals surface area contributed by atoms with Gasteiger partial charge in [-0.1, -0.05) is 18.2 Å². The number of nitrogen functional groups attached to an aromatic ring is 1. The molecule has 0 saturated carbocycles. The molecule has 6 heteroatoms. The van der Waals surface area contributed by atoms with Gasteiger partial charge in [0.25, 0.3) is 0 Å². The summed E-state index contributed by atoms with van der Waals surface area (Å²) in [5.41, 5.74) is 19.4. The van der Waals surface area contributed by atoms with Gasteiger partial charge in [-0.2, -0.15) is 0 Å². The Hall–Kier alpha value is -2.96. The molecule has 160 valence electrons. The van der Waals surface area contributed by atoms with Crippen molar-refractivity contribution in [2.75, 3.05) is 25.4 Å². The summed E-state index contributed by atoms with van der Waals surface area (Å²) in [5, 5.41) is 3.60. The van der Waals surface area contributed by atoms with Crippen LogP contribution in [0.3, 0.4) is 0 Å². The van der Waals surface area contributed by atoms with Gasteiger partial charge in [-0.25, -0.2) is 4.98 Å². The number of rotatable bonds is 5. The predicted octanol–water partition coefficient (Wildman–Crippen LogP) is 2.73. The van der Waals surface area contributed by atoms with Crippen molar-refractivity contribution in [3.63, 3.8) is 0 Å². The monoisotopic (exact) mass is 414 g/mol. The molecule has 5 N–H and O–H groups in total. The minimum atomic E-state index is 0.433. The summed E-state index contributed by atoms with van der Waals surface area (Å²) in [6, 6.07) is 15.4. The molecule has 0 amide bonds. The third-order valence-electron chi connectivity index (χ3n) is 6.68. The van der Waals surface area contributed by atoms with Crippen molar-refractivity contribution in [3.8, 4) is 0 Å². The number of aromatic nitrogens is 2. The van der Waals surface area contributed by atoms with Gasteiger partial charge < -0.3 is 16.8 Å². The van der Waals surface area contributed by atoms with Crippen molar-refractivity contribution < 1.29 is 0 Å². The Bertz CT molecular complexity index is 1100. The minimum absolute atomic E-state index is 0.433. The van der Waals surface area contributed by atoms with Gasteiger partial charge in [0.2, 0.25) is 0 Å². The average molecular weight is 415 g/mol. The summed E-state index contributed by atoms with van der Waals surface area (Å²) in [6.07, 6.45) is 8.39. The highest BCUT2D eigenvalue weighted by Crippen LogP contribution is 2.29. The molecule has 3 aromatic rings. The number of benzene rings is 2. The first-order chi connectivity index (χ1) is 15.2. The molecular formula is C25H30N6. The Morgan fingerprint density at radius 2 is 1.84 bits per heavy atom. The highest BCUT2D eigenvalue weighted by Gasteiger charge is 2.29. The number of piperidine rings is 1. The van der Waals surface area contributed by atoms with Crippen LogP contribution in [-0.4, -0.2) is 46.6 Å². The highest BCUT2D eigenvalue weighted by molar-refractivity contribution is 5.76. The number of nitrogens with two attached hydrogens (primary N) is 2. The maximum Gasteiger partial charge on any atom is 0.0894 e. The lowest BCUT2D eigenvalue weighted by molar-refractivity contribution is 0.151. The molecule has 6 nitrogen and oxygen atoms in total. The summed E-state index contributed by atoms with van der Waals surface area (Å²) in [7, 11) is 0. The van der Waals surface area contributed by atoms with Crippen LogP contribution in [0.15, 0.2) is 54.9 Å². The fourth-order valence-electron chi connectivity index (χ4n) is 4.87. The Kier molecular flexibility index (Phi) is 5.57. The molecule has 0 bridgehead atoms. The Morgan fingerprint density at radius 1 is 1.06 bits per heavy atom. The molecule has 1 aromatic heterocycles. The van der Waals surface area contributed by atoms with Crippen LogP contribution in [0, 0.1) is 0 Å². The standard InChI is InChI=1S/C25H30N6/c26-14-19(25-16-29-23-3-1-2-4-24(23)30-25)15-28-21-7-9-31(10-8-21)22-12-17-5-6-20(27)11-18(17)13-22/h1-6,11,15-16,21-22,28H,7-10,12-14,26-27H2/b19-15+. The first-order valence-electron chi connectivity index (χ1n) is 11.2. The van der Waals surface area contributed by atoms with Gasteiger partial charge in [0.1, 0.15) is 0 Å². The summed E-state index contributed by atoms with van der Waals surface area (Å²) in [6.45, 7) is 2.67. The molecule has 5 rings (SSSR count). The normalized spacial score (nSPS) is 20.2. The van der Waals surface area contributed by atoms with E-state index >= 15 is 0 Å². The molecule has 1 aliphatic heterocycles. The van der Waals surface area contributed by atoms with E-state index < -0.39 is 0 Å². The number of hydrogen-bond donors (Lipinski definition) is 3. The summed E-state index contributed by atoms with van der Waals surface area (Å²) >= 11 is 0. The van der Waals surface area contributed by atoms with Crippen LogP contribution in [0.1, 0.15) is 29.7 Å². The van der Waals surface area contributed by atoms with Gasteiger partial charge in [0.05, 0.1) is 22.9 Å². The maximum absolute atomic E-state index is 6.03. The van der Waals surface area contributed by atoms with Gasteiger partial charge >= 0.3 is 0 Å². The fourth-order valence-corrected chi connectivity index (χ4v) is 4.87. The summed E-state index contributed by atoms with van der Waals surface area (Å²) in [4.78, 5) is 11.9. The topological polar surface area (TPSA) is 93.1 Å². The molecule has 2 aliphatic rings. The van der Waals surface area contributed by atoms with Crippen LogP contribution in [0.5, 0.6) is 0 Å².